The Bertz CT molecular complexity index is 302. The first kappa shape index (κ1) is 9.95. The van der Waals surface area contributed by atoms with Crippen LogP contribution in [0, 0.1) is 5.82 Å². The fourth-order valence-electron chi connectivity index (χ4n) is 1.08. The van der Waals surface area contributed by atoms with Crippen molar-refractivity contribution in [3.8, 4) is 0 Å². The fourth-order valence-corrected chi connectivity index (χ4v) is 1.08. The summed E-state index contributed by atoms with van der Waals surface area (Å²) in [5, 5.41) is 9.53. The molecule has 2 atom stereocenters. The first-order valence-electron chi connectivity index (χ1n) is 4.01. The molecule has 1 aromatic carbocycles. The molecule has 3 nitrogen and oxygen atoms in total. The molecule has 0 saturated heterocycles. The molecule has 4 heteroatoms. The lowest BCUT2D eigenvalue weighted by atomic mass is 10.0. The Labute approximate surface area is 76.2 Å². The highest BCUT2D eigenvalue weighted by molar-refractivity contribution is 5.48. The van der Waals surface area contributed by atoms with E-state index >= 15 is 0 Å². The van der Waals surface area contributed by atoms with Crippen molar-refractivity contribution in [2.24, 2.45) is 5.73 Å². The number of aliphatic hydroxyl groups is 1. The van der Waals surface area contributed by atoms with E-state index in [9.17, 15) is 9.50 Å². The summed E-state index contributed by atoms with van der Waals surface area (Å²) < 4.78 is 12.8. The van der Waals surface area contributed by atoms with E-state index in [0.717, 1.165) is 0 Å². The topological polar surface area (TPSA) is 72.3 Å². The van der Waals surface area contributed by atoms with E-state index in [4.69, 9.17) is 11.5 Å². The number of benzene rings is 1. The monoisotopic (exact) mass is 184 g/mol. The highest BCUT2D eigenvalue weighted by atomic mass is 19.1. The van der Waals surface area contributed by atoms with Crippen LogP contribution in [0.15, 0.2) is 18.2 Å². The first-order valence-corrected chi connectivity index (χ1v) is 4.01. The van der Waals surface area contributed by atoms with Crippen LogP contribution < -0.4 is 11.5 Å². The van der Waals surface area contributed by atoms with Gasteiger partial charge in [0.05, 0.1) is 6.10 Å². The number of aliphatic hydroxyl groups excluding tert-OH is 1. The van der Waals surface area contributed by atoms with Crippen LogP contribution in [0.4, 0.5) is 10.1 Å². The van der Waals surface area contributed by atoms with Crippen molar-refractivity contribution in [2.45, 2.75) is 19.1 Å². The van der Waals surface area contributed by atoms with E-state index < -0.39 is 18.0 Å². The number of hydrogen-bond donors (Lipinski definition) is 3. The number of halogens is 1. The predicted octanol–water partition coefficient (Wildman–Crippen LogP) is 0.789. The number of nitrogen functional groups attached to an aromatic ring is 1. The van der Waals surface area contributed by atoms with Crippen molar-refractivity contribution < 1.29 is 9.50 Å². The first-order chi connectivity index (χ1) is 6.02. The van der Waals surface area contributed by atoms with Crippen LogP contribution in [0.25, 0.3) is 0 Å². The minimum atomic E-state index is -0.921. The van der Waals surface area contributed by atoms with Gasteiger partial charge >= 0.3 is 0 Å². The standard InChI is InChI=1S/C9H13FN2O/c1-5(11)9(13)7-4-6(10)2-3-8(7)12/h2-5,9,13H,11-12H2,1H3/t5-,9-/m0/s1. The van der Waals surface area contributed by atoms with E-state index in [1.54, 1.807) is 6.92 Å². The predicted molar refractivity (Wildman–Crippen MR) is 49.4 cm³/mol. The molecule has 0 heterocycles. The molecule has 0 aliphatic heterocycles. The molecule has 0 spiro atoms. The van der Waals surface area contributed by atoms with Crippen molar-refractivity contribution in [2.75, 3.05) is 5.73 Å². The second-order valence-electron chi connectivity index (χ2n) is 3.08. The van der Waals surface area contributed by atoms with Gasteiger partial charge in [0.25, 0.3) is 0 Å². The molecule has 0 saturated carbocycles. The molecule has 0 unspecified atom stereocenters. The normalized spacial score (nSPS) is 15.4. The van der Waals surface area contributed by atoms with Crippen molar-refractivity contribution in [3.05, 3.63) is 29.6 Å². The lowest BCUT2D eigenvalue weighted by Crippen LogP contribution is -2.25. The fraction of sp³-hybridized carbons (Fsp3) is 0.333. The summed E-state index contributed by atoms with van der Waals surface area (Å²) in [6.07, 6.45) is -0.921. The summed E-state index contributed by atoms with van der Waals surface area (Å²) >= 11 is 0. The maximum absolute atomic E-state index is 12.8. The average Bonchev–Trinajstić information content (AvgIpc) is 2.08. The van der Waals surface area contributed by atoms with Gasteiger partial charge in [-0.05, 0) is 25.1 Å². The number of rotatable bonds is 2. The molecule has 5 N–H and O–H groups in total. The third kappa shape index (κ3) is 2.17. The quantitative estimate of drug-likeness (QED) is 0.595. The van der Waals surface area contributed by atoms with Crippen LogP contribution in [-0.4, -0.2) is 11.1 Å². The summed E-state index contributed by atoms with van der Waals surface area (Å²) in [4.78, 5) is 0. The molecule has 0 amide bonds. The minimum Gasteiger partial charge on any atom is -0.398 e. The lowest BCUT2D eigenvalue weighted by molar-refractivity contribution is 0.153. The zero-order valence-electron chi connectivity index (χ0n) is 7.37. The zero-order valence-corrected chi connectivity index (χ0v) is 7.37. The Kier molecular flexibility index (Phi) is 2.85. The third-order valence-corrected chi connectivity index (χ3v) is 1.87. The SMILES string of the molecule is C[C@H](N)[C@H](O)c1cc(F)ccc1N. The Morgan fingerprint density at radius 1 is 1.46 bits per heavy atom. The average molecular weight is 184 g/mol. The third-order valence-electron chi connectivity index (χ3n) is 1.87. The Balaban J connectivity index is 3.05. The highest BCUT2D eigenvalue weighted by Gasteiger charge is 2.15. The van der Waals surface area contributed by atoms with Gasteiger partial charge in [-0.1, -0.05) is 0 Å². The van der Waals surface area contributed by atoms with E-state index in [2.05, 4.69) is 0 Å². The molecule has 1 rings (SSSR count). The van der Waals surface area contributed by atoms with Gasteiger partial charge in [0.15, 0.2) is 0 Å². The van der Waals surface area contributed by atoms with E-state index in [1.165, 1.54) is 18.2 Å². The van der Waals surface area contributed by atoms with Gasteiger partial charge in [-0.25, -0.2) is 4.39 Å². The molecular weight excluding hydrogens is 171 g/mol. The molecule has 0 aromatic heterocycles. The van der Waals surface area contributed by atoms with Gasteiger partial charge in [-0.3, -0.25) is 0 Å². The summed E-state index contributed by atoms with van der Waals surface area (Å²) in [5.41, 5.74) is 11.7. The Hall–Kier alpha value is -1.13. The van der Waals surface area contributed by atoms with Gasteiger partial charge in [0, 0.05) is 17.3 Å². The van der Waals surface area contributed by atoms with Crippen LogP contribution >= 0.6 is 0 Å². The van der Waals surface area contributed by atoms with Gasteiger partial charge < -0.3 is 16.6 Å². The molecule has 0 fully saturated rings. The molecule has 0 bridgehead atoms. The highest BCUT2D eigenvalue weighted by Crippen LogP contribution is 2.22. The largest absolute Gasteiger partial charge is 0.398 e. The Morgan fingerprint density at radius 2 is 2.08 bits per heavy atom. The van der Waals surface area contributed by atoms with E-state index in [1.807, 2.05) is 0 Å². The van der Waals surface area contributed by atoms with Gasteiger partial charge in [-0.2, -0.15) is 0 Å². The van der Waals surface area contributed by atoms with Crippen molar-refractivity contribution in [1.29, 1.82) is 0 Å². The van der Waals surface area contributed by atoms with E-state index in [-0.39, 0.29) is 0 Å². The molecule has 0 aliphatic rings. The lowest BCUT2D eigenvalue weighted by Gasteiger charge is -2.16. The van der Waals surface area contributed by atoms with Gasteiger partial charge in [-0.15, -0.1) is 0 Å². The summed E-state index contributed by atoms with van der Waals surface area (Å²) in [6.45, 7) is 1.63. The maximum Gasteiger partial charge on any atom is 0.123 e. The number of nitrogens with two attached hydrogens (primary N) is 2. The summed E-state index contributed by atoms with van der Waals surface area (Å²) in [7, 11) is 0. The minimum absolute atomic E-state index is 0.343. The molecule has 1 aromatic rings. The summed E-state index contributed by atoms with van der Waals surface area (Å²) in [5.74, 6) is -0.427. The van der Waals surface area contributed by atoms with Crippen molar-refractivity contribution >= 4 is 5.69 Å². The molecule has 72 valence electrons. The van der Waals surface area contributed by atoms with Crippen LogP contribution in [0.3, 0.4) is 0 Å². The second-order valence-corrected chi connectivity index (χ2v) is 3.08. The van der Waals surface area contributed by atoms with Crippen LogP contribution in [-0.2, 0) is 0 Å². The number of hydrogen-bond acceptors (Lipinski definition) is 3. The van der Waals surface area contributed by atoms with E-state index in [0.29, 0.717) is 11.3 Å². The van der Waals surface area contributed by atoms with Crippen LogP contribution in [0.1, 0.15) is 18.6 Å². The second kappa shape index (κ2) is 3.72. The maximum atomic E-state index is 12.8. The van der Waals surface area contributed by atoms with Crippen LogP contribution in [0.5, 0.6) is 0 Å². The Morgan fingerprint density at radius 3 is 2.62 bits per heavy atom. The van der Waals surface area contributed by atoms with Gasteiger partial charge in [0.1, 0.15) is 5.82 Å². The smallest absolute Gasteiger partial charge is 0.123 e. The zero-order chi connectivity index (χ0) is 10.0. The molecule has 0 aliphatic carbocycles. The molecule has 0 radical (unpaired) electrons. The van der Waals surface area contributed by atoms with Gasteiger partial charge in [0.2, 0.25) is 0 Å². The molecular formula is C9H13FN2O. The summed E-state index contributed by atoms with van der Waals surface area (Å²) in [6, 6.07) is 3.39. The van der Waals surface area contributed by atoms with Crippen molar-refractivity contribution in [3.63, 3.8) is 0 Å². The molecule has 13 heavy (non-hydrogen) atoms. The van der Waals surface area contributed by atoms with Crippen LogP contribution in [0.2, 0.25) is 0 Å². The van der Waals surface area contributed by atoms with Crippen molar-refractivity contribution in [1.82, 2.24) is 0 Å². The number of anilines is 1.